The molecule has 78 valence electrons. The van der Waals surface area contributed by atoms with Gasteiger partial charge in [0.25, 0.3) is 0 Å². The van der Waals surface area contributed by atoms with E-state index in [0.29, 0.717) is 11.0 Å². The molecule has 0 aliphatic heterocycles. The average Bonchev–Trinajstić information content (AvgIpc) is 2.66. The van der Waals surface area contributed by atoms with E-state index >= 15 is 0 Å². The number of benzene rings is 1. The zero-order valence-electron chi connectivity index (χ0n) is 8.55. The lowest BCUT2D eigenvalue weighted by molar-refractivity contribution is 0.737. The van der Waals surface area contributed by atoms with Crippen LogP contribution in [0.15, 0.2) is 30.3 Å². The van der Waals surface area contributed by atoms with E-state index in [-0.39, 0.29) is 0 Å². The topological polar surface area (TPSA) is 51.8 Å². The molecule has 2 aromatic rings. The fourth-order valence-electron chi connectivity index (χ4n) is 1.50. The maximum atomic E-state index is 5.55. The largest absolute Gasteiger partial charge is 0.374 e. The maximum absolute atomic E-state index is 5.55. The molecule has 3 nitrogen and oxygen atoms in total. The summed E-state index contributed by atoms with van der Waals surface area (Å²) in [7, 11) is 0. The predicted octanol–water partition coefficient (Wildman–Crippen LogP) is 2.47. The van der Waals surface area contributed by atoms with Crippen LogP contribution in [0.1, 0.15) is 23.4 Å². The molecule has 4 heteroatoms. The number of nitrogens with zero attached hydrogens (tertiary/aromatic N) is 2. The van der Waals surface area contributed by atoms with Gasteiger partial charge in [0.15, 0.2) is 0 Å². The number of anilines is 1. The van der Waals surface area contributed by atoms with E-state index in [1.165, 1.54) is 16.9 Å². The van der Waals surface area contributed by atoms with E-state index in [1.807, 2.05) is 6.07 Å². The third-order valence-corrected chi connectivity index (χ3v) is 3.25. The number of hydrogen-bond donors (Lipinski definition) is 1. The first kappa shape index (κ1) is 10.1. The van der Waals surface area contributed by atoms with Gasteiger partial charge in [-0.1, -0.05) is 48.6 Å². The summed E-state index contributed by atoms with van der Waals surface area (Å²) in [6.45, 7) is 2.15. The van der Waals surface area contributed by atoms with Crippen molar-refractivity contribution < 1.29 is 0 Å². The van der Waals surface area contributed by atoms with Crippen LogP contribution < -0.4 is 5.73 Å². The third kappa shape index (κ3) is 2.53. The molecule has 1 aromatic carbocycles. The van der Waals surface area contributed by atoms with E-state index < -0.39 is 0 Å². The molecular formula is C11H13N3S. The monoisotopic (exact) mass is 219 g/mol. The summed E-state index contributed by atoms with van der Waals surface area (Å²) in [6.07, 6.45) is 0.982. The zero-order valence-corrected chi connectivity index (χ0v) is 9.37. The van der Waals surface area contributed by atoms with Crippen molar-refractivity contribution in [1.82, 2.24) is 10.2 Å². The summed E-state index contributed by atoms with van der Waals surface area (Å²) >= 11 is 1.47. The van der Waals surface area contributed by atoms with Gasteiger partial charge in [-0.2, -0.15) is 0 Å². The van der Waals surface area contributed by atoms with Crippen molar-refractivity contribution >= 4 is 16.5 Å². The number of rotatable bonds is 3. The van der Waals surface area contributed by atoms with Gasteiger partial charge in [0.2, 0.25) is 5.13 Å². The van der Waals surface area contributed by atoms with Crippen molar-refractivity contribution in [3.8, 4) is 0 Å². The van der Waals surface area contributed by atoms with Gasteiger partial charge in [-0.15, -0.1) is 10.2 Å². The van der Waals surface area contributed by atoms with Crippen LogP contribution in [0.5, 0.6) is 0 Å². The van der Waals surface area contributed by atoms with Crippen LogP contribution >= 0.6 is 11.3 Å². The van der Waals surface area contributed by atoms with Gasteiger partial charge in [0, 0.05) is 5.92 Å². The number of nitrogen functional groups attached to an aromatic ring is 1. The van der Waals surface area contributed by atoms with Crippen LogP contribution in [-0.4, -0.2) is 10.2 Å². The molecule has 2 rings (SSSR count). The molecule has 0 radical (unpaired) electrons. The van der Waals surface area contributed by atoms with Crippen LogP contribution in [0.2, 0.25) is 0 Å². The highest BCUT2D eigenvalue weighted by molar-refractivity contribution is 7.15. The van der Waals surface area contributed by atoms with Gasteiger partial charge in [-0.25, -0.2) is 0 Å². The van der Waals surface area contributed by atoms with Crippen molar-refractivity contribution in [1.29, 1.82) is 0 Å². The van der Waals surface area contributed by atoms with Gasteiger partial charge in [-0.3, -0.25) is 0 Å². The van der Waals surface area contributed by atoms with Gasteiger partial charge < -0.3 is 5.73 Å². The lowest BCUT2D eigenvalue weighted by atomic mass is 10.0. The second-order valence-electron chi connectivity index (χ2n) is 3.57. The minimum absolute atomic E-state index is 0.377. The summed E-state index contributed by atoms with van der Waals surface area (Å²) in [6, 6.07) is 10.4. The summed E-state index contributed by atoms with van der Waals surface area (Å²) in [5.41, 5.74) is 6.87. The molecular weight excluding hydrogens is 206 g/mol. The quantitative estimate of drug-likeness (QED) is 0.862. The molecule has 0 fully saturated rings. The lowest BCUT2D eigenvalue weighted by Crippen LogP contribution is -1.97. The Balaban J connectivity index is 2.07. The number of nitrogens with two attached hydrogens (primary N) is 1. The van der Waals surface area contributed by atoms with Crippen LogP contribution in [-0.2, 0) is 6.42 Å². The SMILES string of the molecule is CC(Cc1ccccc1)c1nnc(N)s1. The number of aromatic nitrogens is 2. The maximum Gasteiger partial charge on any atom is 0.203 e. The van der Waals surface area contributed by atoms with E-state index in [9.17, 15) is 0 Å². The Kier molecular flexibility index (Phi) is 2.97. The van der Waals surface area contributed by atoms with E-state index in [1.54, 1.807) is 0 Å². The Hall–Kier alpha value is -1.42. The Morgan fingerprint density at radius 1 is 1.27 bits per heavy atom. The highest BCUT2D eigenvalue weighted by Crippen LogP contribution is 2.24. The van der Waals surface area contributed by atoms with Crippen LogP contribution in [0.25, 0.3) is 0 Å². The molecule has 1 aromatic heterocycles. The second kappa shape index (κ2) is 4.40. The molecule has 0 saturated heterocycles. The van der Waals surface area contributed by atoms with Crippen LogP contribution in [0.4, 0.5) is 5.13 Å². The highest BCUT2D eigenvalue weighted by Gasteiger charge is 2.11. The first-order valence-electron chi connectivity index (χ1n) is 4.88. The molecule has 0 amide bonds. The summed E-state index contributed by atoms with van der Waals surface area (Å²) < 4.78 is 0. The third-order valence-electron chi connectivity index (χ3n) is 2.26. The fraction of sp³-hybridized carbons (Fsp3) is 0.273. The van der Waals surface area contributed by atoms with Crippen LogP contribution in [0.3, 0.4) is 0 Å². The average molecular weight is 219 g/mol. The van der Waals surface area contributed by atoms with Gasteiger partial charge in [0.05, 0.1) is 0 Å². The van der Waals surface area contributed by atoms with Gasteiger partial charge >= 0.3 is 0 Å². The smallest absolute Gasteiger partial charge is 0.203 e. The molecule has 0 bridgehead atoms. The minimum Gasteiger partial charge on any atom is -0.374 e. The molecule has 1 heterocycles. The molecule has 2 N–H and O–H groups in total. The van der Waals surface area contributed by atoms with Gasteiger partial charge in [-0.05, 0) is 12.0 Å². The first-order chi connectivity index (χ1) is 7.25. The molecule has 1 unspecified atom stereocenters. The van der Waals surface area contributed by atoms with Crippen molar-refractivity contribution in [3.05, 3.63) is 40.9 Å². The number of hydrogen-bond acceptors (Lipinski definition) is 4. The molecule has 1 atom stereocenters. The molecule has 0 saturated carbocycles. The normalized spacial score (nSPS) is 12.6. The summed E-state index contributed by atoms with van der Waals surface area (Å²) in [5.74, 6) is 0.377. The van der Waals surface area contributed by atoms with Crippen molar-refractivity contribution in [3.63, 3.8) is 0 Å². The molecule has 15 heavy (non-hydrogen) atoms. The Morgan fingerprint density at radius 2 is 2.00 bits per heavy atom. The summed E-state index contributed by atoms with van der Waals surface area (Å²) in [4.78, 5) is 0. The molecule has 0 spiro atoms. The second-order valence-corrected chi connectivity index (χ2v) is 4.61. The lowest BCUT2D eigenvalue weighted by Gasteiger charge is -2.06. The molecule has 0 aliphatic carbocycles. The summed E-state index contributed by atoms with van der Waals surface area (Å²) in [5, 5.41) is 9.44. The predicted molar refractivity (Wildman–Crippen MR) is 62.9 cm³/mol. The first-order valence-corrected chi connectivity index (χ1v) is 5.70. The highest BCUT2D eigenvalue weighted by atomic mass is 32.1. The minimum atomic E-state index is 0.377. The van der Waals surface area contributed by atoms with Crippen molar-refractivity contribution in [2.24, 2.45) is 0 Å². The van der Waals surface area contributed by atoms with Gasteiger partial charge in [0.1, 0.15) is 5.01 Å². The van der Waals surface area contributed by atoms with Crippen LogP contribution in [0, 0.1) is 0 Å². The Morgan fingerprint density at radius 3 is 2.60 bits per heavy atom. The van der Waals surface area contributed by atoms with Crippen molar-refractivity contribution in [2.75, 3.05) is 5.73 Å². The molecule has 0 aliphatic rings. The standard InChI is InChI=1S/C11H13N3S/c1-8(10-13-14-11(12)15-10)7-9-5-3-2-4-6-9/h2-6,8H,7H2,1H3,(H2,12,14). The van der Waals surface area contributed by atoms with E-state index in [2.05, 4.69) is 41.4 Å². The Bertz CT molecular complexity index is 424. The van der Waals surface area contributed by atoms with E-state index in [4.69, 9.17) is 5.73 Å². The zero-order chi connectivity index (χ0) is 10.7. The van der Waals surface area contributed by atoms with Crippen molar-refractivity contribution in [2.45, 2.75) is 19.3 Å². The van der Waals surface area contributed by atoms with E-state index in [0.717, 1.165) is 11.4 Å². The fourth-order valence-corrected chi connectivity index (χ4v) is 2.16. The Labute approximate surface area is 93.0 Å².